The molecule has 140 valence electrons. The number of furan rings is 1. The van der Waals surface area contributed by atoms with Crippen molar-refractivity contribution < 1.29 is 14.0 Å². The van der Waals surface area contributed by atoms with Gasteiger partial charge in [-0.2, -0.15) is 0 Å². The van der Waals surface area contributed by atoms with E-state index in [0.717, 1.165) is 17.7 Å². The van der Waals surface area contributed by atoms with Crippen LogP contribution in [0.3, 0.4) is 0 Å². The number of amides is 2. The van der Waals surface area contributed by atoms with Gasteiger partial charge in [0, 0.05) is 23.2 Å². The van der Waals surface area contributed by atoms with E-state index >= 15 is 0 Å². The second-order valence-corrected chi connectivity index (χ2v) is 7.58. The van der Waals surface area contributed by atoms with Gasteiger partial charge in [-0.05, 0) is 30.9 Å². The zero-order chi connectivity index (χ0) is 18.8. The Hall–Kier alpha value is -2.87. The van der Waals surface area contributed by atoms with E-state index in [2.05, 4.69) is 16.4 Å². The van der Waals surface area contributed by atoms with E-state index in [1.54, 1.807) is 34.8 Å². The van der Waals surface area contributed by atoms with Crippen LogP contribution in [-0.4, -0.2) is 39.4 Å². The average molecular weight is 384 g/mol. The van der Waals surface area contributed by atoms with Crippen LogP contribution in [0.5, 0.6) is 0 Å². The van der Waals surface area contributed by atoms with E-state index in [4.69, 9.17) is 4.42 Å². The van der Waals surface area contributed by atoms with Crippen molar-refractivity contribution >= 4 is 23.2 Å². The summed E-state index contributed by atoms with van der Waals surface area (Å²) in [5.74, 6) is 0.000581. The molecule has 1 N–H and O–H groups in total. The molecule has 0 aliphatic carbocycles. The molecule has 0 saturated heterocycles. The number of hydrogen-bond acceptors (Lipinski definition) is 5. The zero-order valence-corrected chi connectivity index (χ0v) is 15.7. The van der Waals surface area contributed by atoms with E-state index in [1.165, 1.54) is 11.1 Å². The van der Waals surface area contributed by atoms with Crippen LogP contribution in [0.25, 0.3) is 0 Å². The van der Waals surface area contributed by atoms with Crippen molar-refractivity contribution in [2.75, 3.05) is 13.1 Å². The molecule has 3 aromatic rings. The predicted octanol–water partition coefficient (Wildman–Crippen LogP) is 2.40. The van der Waals surface area contributed by atoms with Crippen molar-refractivity contribution in [2.45, 2.75) is 25.9 Å². The maximum atomic E-state index is 12.8. The molecule has 1 atom stereocenters. The van der Waals surface area contributed by atoms with E-state index in [-0.39, 0.29) is 18.4 Å². The van der Waals surface area contributed by atoms with Crippen molar-refractivity contribution in [1.29, 1.82) is 0 Å². The standard InChI is InChI=1S/C19H20N4O3S/c1-13-5-7-26-17(13)19(25)22-10-14-9-20-12-23(14)16(11-22)18(24)21-6-4-15-3-2-8-27-15/h2-3,5,7-9,12,16H,4,6,10-11H2,1H3,(H,21,24)/t16-/m0/s1. The summed E-state index contributed by atoms with van der Waals surface area (Å²) in [4.78, 5) is 32.6. The summed E-state index contributed by atoms with van der Waals surface area (Å²) in [5, 5.41) is 5.01. The summed E-state index contributed by atoms with van der Waals surface area (Å²) in [5.41, 5.74) is 1.62. The predicted molar refractivity (Wildman–Crippen MR) is 100 cm³/mol. The topological polar surface area (TPSA) is 80.4 Å². The molecule has 0 unspecified atom stereocenters. The maximum absolute atomic E-state index is 12.8. The van der Waals surface area contributed by atoms with Gasteiger partial charge in [0.05, 0.1) is 31.4 Å². The fourth-order valence-corrected chi connectivity index (χ4v) is 3.98. The number of thiophene rings is 1. The fraction of sp³-hybridized carbons (Fsp3) is 0.316. The number of hydrogen-bond donors (Lipinski definition) is 1. The number of fused-ring (bicyclic) bond motifs is 1. The highest BCUT2D eigenvalue weighted by molar-refractivity contribution is 7.09. The van der Waals surface area contributed by atoms with Gasteiger partial charge in [0.15, 0.2) is 5.76 Å². The smallest absolute Gasteiger partial charge is 0.290 e. The molecule has 7 nitrogen and oxygen atoms in total. The van der Waals surface area contributed by atoms with Crippen LogP contribution in [0, 0.1) is 6.92 Å². The Labute approximate surface area is 160 Å². The SMILES string of the molecule is Cc1ccoc1C(=O)N1Cc2cncn2[C@H](C(=O)NCCc2cccs2)C1. The van der Waals surface area contributed by atoms with Gasteiger partial charge < -0.3 is 19.2 Å². The number of nitrogens with one attached hydrogen (secondary N) is 1. The third kappa shape index (κ3) is 3.52. The second kappa shape index (κ2) is 7.40. The Morgan fingerprint density at radius 1 is 1.41 bits per heavy atom. The first-order chi connectivity index (χ1) is 13.1. The highest BCUT2D eigenvalue weighted by Crippen LogP contribution is 2.24. The van der Waals surface area contributed by atoms with Crippen LogP contribution in [-0.2, 0) is 17.8 Å². The van der Waals surface area contributed by atoms with Crippen LogP contribution >= 0.6 is 11.3 Å². The van der Waals surface area contributed by atoms with Crippen molar-refractivity contribution in [2.24, 2.45) is 0 Å². The molecule has 0 spiro atoms. The molecule has 1 aliphatic rings. The quantitative estimate of drug-likeness (QED) is 0.733. The van der Waals surface area contributed by atoms with E-state index < -0.39 is 6.04 Å². The van der Waals surface area contributed by atoms with Crippen molar-refractivity contribution in [3.63, 3.8) is 0 Å². The Morgan fingerprint density at radius 3 is 3.04 bits per heavy atom. The van der Waals surface area contributed by atoms with Crippen LogP contribution in [0.15, 0.2) is 46.8 Å². The Kier molecular flexibility index (Phi) is 4.81. The lowest BCUT2D eigenvalue weighted by Crippen LogP contribution is -2.46. The average Bonchev–Trinajstić information content (AvgIpc) is 3.41. The molecule has 8 heteroatoms. The Bertz CT molecular complexity index is 944. The molecule has 4 heterocycles. The minimum Gasteiger partial charge on any atom is -0.459 e. The first kappa shape index (κ1) is 17.5. The summed E-state index contributed by atoms with van der Waals surface area (Å²) >= 11 is 1.67. The highest BCUT2D eigenvalue weighted by atomic mass is 32.1. The van der Waals surface area contributed by atoms with Crippen LogP contribution in [0.4, 0.5) is 0 Å². The number of aromatic nitrogens is 2. The summed E-state index contributed by atoms with van der Waals surface area (Å²) in [6.07, 6.45) is 5.64. The van der Waals surface area contributed by atoms with Crippen LogP contribution < -0.4 is 5.32 Å². The Morgan fingerprint density at radius 2 is 2.30 bits per heavy atom. The molecule has 0 saturated carbocycles. The number of carbonyl (C=O) groups excluding carboxylic acids is 2. The van der Waals surface area contributed by atoms with Crippen molar-refractivity contribution in [3.8, 4) is 0 Å². The zero-order valence-electron chi connectivity index (χ0n) is 14.9. The molecule has 0 bridgehead atoms. The van der Waals surface area contributed by atoms with Gasteiger partial charge in [-0.15, -0.1) is 11.3 Å². The van der Waals surface area contributed by atoms with Gasteiger partial charge in [0.2, 0.25) is 5.91 Å². The Balaban J connectivity index is 1.47. The minimum atomic E-state index is -0.501. The van der Waals surface area contributed by atoms with Crippen molar-refractivity contribution in [3.05, 3.63) is 64.3 Å². The third-order valence-electron chi connectivity index (χ3n) is 4.73. The molecular formula is C19H20N4O3S. The van der Waals surface area contributed by atoms with Gasteiger partial charge in [0.25, 0.3) is 5.91 Å². The van der Waals surface area contributed by atoms with Gasteiger partial charge >= 0.3 is 0 Å². The van der Waals surface area contributed by atoms with Gasteiger partial charge in [-0.25, -0.2) is 4.98 Å². The maximum Gasteiger partial charge on any atom is 0.290 e. The normalized spacial score (nSPS) is 16.2. The van der Waals surface area contributed by atoms with E-state index in [0.29, 0.717) is 18.8 Å². The largest absolute Gasteiger partial charge is 0.459 e. The molecule has 1 aliphatic heterocycles. The molecule has 4 rings (SSSR count). The lowest BCUT2D eigenvalue weighted by molar-refractivity contribution is -0.125. The molecular weight excluding hydrogens is 364 g/mol. The number of aryl methyl sites for hydroxylation is 1. The van der Waals surface area contributed by atoms with Gasteiger partial charge in [-0.3, -0.25) is 9.59 Å². The number of rotatable bonds is 5. The molecule has 3 aromatic heterocycles. The molecule has 0 radical (unpaired) electrons. The van der Waals surface area contributed by atoms with Crippen LogP contribution in [0.1, 0.15) is 32.7 Å². The third-order valence-corrected chi connectivity index (χ3v) is 5.66. The number of nitrogens with zero attached hydrogens (tertiary/aromatic N) is 3. The summed E-state index contributed by atoms with van der Waals surface area (Å²) in [6.45, 7) is 3.08. The monoisotopic (exact) mass is 384 g/mol. The summed E-state index contributed by atoms with van der Waals surface area (Å²) in [6, 6.07) is 5.31. The van der Waals surface area contributed by atoms with E-state index in [1.807, 2.05) is 22.9 Å². The van der Waals surface area contributed by atoms with Gasteiger partial charge in [-0.1, -0.05) is 6.07 Å². The minimum absolute atomic E-state index is 0.112. The lowest BCUT2D eigenvalue weighted by atomic mass is 10.1. The molecule has 27 heavy (non-hydrogen) atoms. The molecule has 2 amide bonds. The van der Waals surface area contributed by atoms with Crippen molar-refractivity contribution in [1.82, 2.24) is 19.8 Å². The summed E-state index contributed by atoms with van der Waals surface area (Å²) in [7, 11) is 0. The first-order valence-electron chi connectivity index (χ1n) is 8.77. The second-order valence-electron chi connectivity index (χ2n) is 6.55. The lowest BCUT2D eigenvalue weighted by Gasteiger charge is -2.33. The number of imidazole rings is 1. The van der Waals surface area contributed by atoms with Gasteiger partial charge in [0.1, 0.15) is 6.04 Å². The first-order valence-corrected chi connectivity index (χ1v) is 9.65. The highest BCUT2D eigenvalue weighted by Gasteiger charge is 2.34. The van der Waals surface area contributed by atoms with E-state index in [9.17, 15) is 9.59 Å². The number of carbonyl (C=O) groups is 2. The van der Waals surface area contributed by atoms with Crippen LogP contribution in [0.2, 0.25) is 0 Å². The molecule has 0 aromatic carbocycles. The molecule has 0 fully saturated rings. The fourth-order valence-electron chi connectivity index (χ4n) is 3.27. The summed E-state index contributed by atoms with van der Waals surface area (Å²) < 4.78 is 7.18.